The number of nitrogens with one attached hydrogen (secondary N) is 2. The highest BCUT2D eigenvalue weighted by Crippen LogP contribution is 2.29. The Balaban J connectivity index is 1.81. The van der Waals surface area contributed by atoms with Crippen molar-refractivity contribution in [3.63, 3.8) is 0 Å². The van der Waals surface area contributed by atoms with E-state index in [0.29, 0.717) is 30.6 Å². The number of alkyl halides is 3. The van der Waals surface area contributed by atoms with E-state index in [0.717, 1.165) is 31.8 Å². The van der Waals surface area contributed by atoms with Crippen molar-refractivity contribution in [3.05, 3.63) is 35.4 Å². The van der Waals surface area contributed by atoms with E-state index in [1.54, 1.807) is 13.1 Å². The summed E-state index contributed by atoms with van der Waals surface area (Å²) >= 11 is 0. The largest absolute Gasteiger partial charge is 0.416 e. The van der Waals surface area contributed by atoms with Crippen LogP contribution in [0.4, 0.5) is 13.2 Å². The van der Waals surface area contributed by atoms with Crippen LogP contribution in [0.2, 0.25) is 0 Å². The van der Waals surface area contributed by atoms with Crippen molar-refractivity contribution in [2.24, 2.45) is 10.9 Å². The fourth-order valence-corrected chi connectivity index (χ4v) is 3.06. The third-order valence-electron chi connectivity index (χ3n) is 4.28. The lowest BCUT2D eigenvalue weighted by Crippen LogP contribution is -2.50. The minimum atomic E-state index is -4.34. The predicted octanol–water partition coefficient (Wildman–Crippen LogP) is 2.73. The van der Waals surface area contributed by atoms with Gasteiger partial charge in [-0.05, 0) is 23.6 Å². The van der Waals surface area contributed by atoms with E-state index >= 15 is 0 Å². The Kier molecular flexibility index (Phi) is 7.91. The molecule has 1 atom stereocenters. The van der Waals surface area contributed by atoms with Crippen LogP contribution in [0.5, 0.6) is 0 Å². The fourth-order valence-electron chi connectivity index (χ4n) is 3.06. The summed E-state index contributed by atoms with van der Waals surface area (Å²) in [6.45, 7) is 8.79. The smallest absolute Gasteiger partial charge is 0.374 e. The molecule has 1 heterocycles. The number of ether oxygens (including phenoxy) is 1. The van der Waals surface area contributed by atoms with Gasteiger partial charge in [0, 0.05) is 39.8 Å². The highest BCUT2D eigenvalue weighted by molar-refractivity contribution is 5.79. The molecule has 0 aliphatic carbocycles. The number of guanidine groups is 1. The Morgan fingerprint density at radius 1 is 1.33 bits per heavy atom. The van der Waals surface area contributed by atoms with E-state index in [1.165, 1.54) is 6.07 Å². The van der Waals surface area contributed by atoms with Crippen LogP contribution < -0.4 is 10.6 Å². The molecule has 0 spiro atoms. The van der Waals surface area contributed by atoms with E-state index < -0.39 is 11.7 Å². The van der Waals surface area contributed by atoms with Gasteiger partial charge in [0.25, 0.3) is 0 Å². The molecule has 1 aliphatic rings. The van der Waals surface area contributed by atoms with Crippen molar-refractivity contribution in [2.45, 2.75) is 32.7 Å². The van der Waals surface area contributed by atoms with E-state index in [4.69, 9.17) is 4.74 Å². The van der Waals surface area contributed by atoms with Gasteiger partial charge >= 0.3 is 6.18 Å². The molecular weight excluding hydrogens is 357 g/mol. The summed E-state index contributed by atoms with van der Waals surface area (Å²) in [7, 11) is 1.63. The minimum absolute atomic E-state index is 0.0598. The number of hydrogen-bond acceptors (Lipinski definition) is 3. The van der Waals surface area contributed by atoms with Crippen LogP contribution in [0.3, 0.4) is 0 Å². The maximum atomic E-state index is 12.8. The van der Waals surface area contributed by atoms with Crippen molar-refractivity contribution in [1.82, 2.24) is 15.5 Å². The summed E-state index contributed by atoms with van der Waals surface area (Å²) < 4.78 is 44.2. The lowest BCUT2D eigenvalue weighted by Gasteiger charge is -2.34. The van der Waals surface area contributed by atoms with Crippen LogP contribution in [-0.2, 0) is 17.5 Å². The van der Waals surface area contributed by atoms with Gasteiger partial charge in [0.2, 0.25) is 0 Å². The Labute approximate surface area is 159 Å². The molecule has 1 unspecified atom stereocenters. The SMILES string of the molecule is CN=C(NCc1cccc(C(F)(F)F)c1)NCC1CN(CC(C)C)CCO1. The van der Waals surface area contributed by atoms with Crippen molar-refractivity contribution < 1.29 is 17.9 Å². The van der Waals surface area contributed by atoms with Gasteiger partial charge < -0.3 is 15.4 Å². The van der Waals surface area contributed by atoms with Gasteiger partial charge in [-0.15, -0.1) is 0 Å². The summed E-state index contributed by atoms with van der Waals surface area (Å²) in [6.07, 6.45) is -4.28. The fraction of sp³-hybridized carbons (Fsp3) is 0.632. The van der Waals surface area contributed by atoms with Gasteiger partial charge in [-0.1, -0.05) is 26.0 Å². The summed E-state index contributed by atoms with van der Waals surface area (Å²) in [5, 5.41) is 6.24. The Bertz CT molecular complexity index is 619. The molecule has 1 saturated heterocycles. The van der Waals surface area contributed by atoms with Crippen LogP contribution in [-0.4, -0.2) is 56.8 Å². The second-order valence-electron chi connectivity index (χ2n) is 7.15. The maximum absolute atomic E-state index is 12.8. The van der Waals surface area contributed by atoms with Crippen LogP contribution >= 0.6 is 0 Å². The van der Waals surface area contributed by atoms with E-state index in [1.807, 2.05) is 0 Å². The molecule has 2 rings (SSSR count). The predicted molar refractivity (Wildman–Crippen MR) is 101 cm³/mol. The molecule has 0 aromatic heterocycles. The second kappa shape index (κ2) is 9.94. The average Bonchev–Trinajstić information content (AvgIpc) is 2.61. The molecule has 152 valence electrons. The monoisotopic (exact) mass is 386 g/mol. The Hall–Kier alpha value is -1.80. The quantitative estimate of drug-likeness (QED) is 0.583. The summed E-state index contributed by atoms with van der Waals surface area (Å²) in [4.78, 5) is 6.52. The first-order chi connectivity index (χ1) is 12.8. The zero-order chi connectivity index (χ0) is 19.9. The molecular formula is C19H29F3N4O. The van der Waals surface area contributed by atoms with Gasteiger partial charge in [-0.2, -0.15) is 13.2 Å². The molecule has 1 aromatic rings. The summed E-state index contributed by atoms with van der Waals surface area (Å²) in [5.41, 5.74) is -0.101. The number of aliphatic imine (C=N–C) groups is 1. The number of halogens is 3. The number of nitrogens with zero attached hydrogens (tertiary/aromatic N) is 2. The van der Waals surface area contributed by atoms with Gasteiger partial charge in [-0.25, -0.2) is 0 Å². The molecule has 0 radical (unpaired) electrons. The standard InChI is InChI=1S/C19H29F3N4O/c1-14(2)12-26-7-8-27-17(13-26)11-25-18(23-3)24-10-15-5-4-6-16(9-15)19(20,21)22/h4-6,9,14,17H,7-8,10-13H2,1-3H3,(H2,23,24,25). The van der Waals surface area contributed by atoms with Crippen molar-refractivity contribution >= 4 is 5.96 Å². The van der Waals surface area contributed by atoms with E-state index in [9.17, 15) is 13.2 Å². The molecule has 27 heavy (non-hydrogen) atoms. The molecule has 1 aliphatic heterocycles. The molecule has 1 fully saturated rings. The topological polar surface area (TPSA) is 48.9 Å². The Morgan fingerprint density at radius 2 is 2.11 bits per heavy atom. The number of benzene rings is 1. The summed E-state index contributed by atoms with van der Waals surface area (Å²) in [6, 6.07) is 5.28. The van der Waals surface area contributed by atoms with Crippen molar-refractivity contribution in [2.75, 3.05) is 39.8 Å². The molecule has 1 aromatic carbocycles. The van der Waals surface area contributed by atoms with Gasteiger partial charge in [-0.3, -0.25) is 9.89 Å². The second-order valence-corrected chi connectivity index (χ2v) is 7.15. The molecule has 5 nitrogen and oxygen atoms in total. The lowest BCUT2D eigenvalue weighted by molar-refractivity contribution is -0.137. The first-order valence-corrected chi connectivity index (χ1v) is 9.22. The van der Waals surface area contributed by atoms with Crippen LogP contribution in [0, 0.1) is 5.92 Å². The first-order valence-electron chi connectivity index (χ1n) is 9.22. The molecule has 0 saturated carbocycles. The average molecular weight is 386 g/mol. The van der Waals surface area contributed by atoms with Crippen LogP contribution in [0.1, 0.15) is 25.0 Å². The van der Waals surface area contributed by atoms with Gasteiger partial charge in [0.1, 0.15) is 0 Å². The third-order valence-corrected chi connectivity index (χ3v) is 4.28. The summed E-state index contributed by atoms with van der Waals surface area (Å²) in [5.74, 6) is 1.15. The highest BCUT2D eigenvalue weighted by atomic mass is 19.4. The van der Waals surface area contributed by atoms with Crippen molar-refractivity contribution in [1.29, 1.82) is 0 Å². The number of morpholine rings is 1. The molecule has 0 amide bonds. The molecule has 8 heteroatoms. The van der Waals surface area contributed by atoms with E-state index in [2.05, 4.69) is 34.4 Å². The zero-order valence-corrected chi connectivity index (χ0v) is 16.1. The van der Waals surface area contributed by atoms with Gasteiger partial charge in [0.15, 0.2) is 5.96 Å². The lowest BCUT2D eigenvalue weighted by atomic mass is 10.1. The number of hydrogen-bond donors (Lipinski definition) is 2. The van der Waals surface area contributed by atoms with Crippen LogP contribution in [0.25, 0.3) is 0 Å². The minimum Gasteiger partial charge on any atom is -0.374 e. The van der Waals surface area contributed by atoms with Crippen molar-refractivity contribution in [3.8, 4) is 0 Å². The highest BCUT2D eigenvalue weighted by Gasteiger charge is 2.30. The zero-order valence-electron chi connectivity index (χ0n) is 16.1. The van der Waals surface area contributed by atoms with Gasteiger partial charge in [0.05, 0.1) is 18.3 Å². The molecule has 0 bridgehead atoms. The number of rotatable bonds is 6. The van der Waals surface area contributed by atoms with Crippen LogP contribution in [0.15, 0.2) is 29.3 Å². The maximum Gasteiger partial charge on any atom is 0.416 e. The third kappa shape index (κ3) is 7.38. The first kappa shape index (κ1) is 21.5. The van der Waals surface area contributed by atoms with E-state index in [-0.39, 0.29) is 12.6 Å². The molecule has 2 N–H and O–H groups in total. The Morgan fingerprint density at radius 3 is 2.78 bits per heavy atom. The normalized spacial score (nSPS) is 19.4.